The molecule has 2 unspecified atom stereocenters. The van der Waals surface area contributed by atoms with Gasteiger partial charge in [-0.1, -0.05) is 6.92 Å². The lowest BCUT2D eigenvalue weighted by molar-refractivity contribution is -0.147. The number of nitrogens with one attached hydrogen (secondary N) is 1. The largest absolute Gasteiger partial charge is 0.469 e. The number of carbonyl (C=O) groups excluding carboxylic acids is 1. The summed E-state index contributed by atoms with van der Waals surface area (Å²) in [5.41, 5.74) is 0. The average Bonchev–Trinajstić information content (AvgIpc) is 2.28. The van der Waals surface area contributed by atoms with Crippen molar-refractivity contribution in [2.24, 2.45) is 5.92 Å². The molecule has 0 aliphatic carbocycles. The first-order chi connectivity index (χ1) is 7.71. The minimum Gasteiger partial charge on any atom is -0.469 e. The first-order valence-corrected chi connectivity index (χ1v) is 5.85. The van der Waals surface area contributed by atoms with Crippen LogP contribution in [0.15, 0.2) is 0 Å². The summed E-state index contributed by atoms with van der Waals surface area (Å²) in [5, 5.41) is 12.3. The maximum absolute atomic E-state index is 11.5. The Morgan fingerprint density at radius 2 is 2.31 bits per heavy atom. The second-order valence-electron chi connectivity index (χ2n) is 4.19. The van der Waals surface area contributed by atoms with Crippen molar-refractivity contribution in [2.75, 3.05) is 39.9 Å². The summed E-state index contributed by atoms with van der Waals surface area (Å²) in [5.74, 6) is -0.222. The highest BCUT2D eigenvalue weighted by molar-refractivity contribution is 5.72. The number of carbonyl (C=O) groups is 1. The number of nitrogens with zero attached hydrogens (tertiary/aromatic N) is 1. The minimum absolute atomic E-state index is 0.0747. The lowest BCUT2D eigenvalue weighted by Gasteiger charge is -2.36. The van der Waals surface area contributed by atoms with Crippen molar-refractivity contribution in [3.05, 3.63) is 0 Å². The predicted octanol–water partition coefficient (Wildman–Crippen LogP) is -0.548. The fourth-order valence-corrected chi connectivity index (χ4v) is 2.29. The van der Waals surface area contributed by atoms with E-state index >= 15 is 0 Å². The molecule has 1 aliphatic rings. The Bertz CT molecular complexity index is 209. The van der Waals surface area contributed by atoms with Gasteiger partial charge in [-0.2, -0.15) is 0 Å². The molecule has 1 rings (SSSR count). The Labute approximate surface area is 96.8 Å². The van der Waals surface area contributed by atoms with Gasteiger partial charge in [0.05, 0.1) is 19.6 Å². The number of β-amino-alcohol motifs (C(OH)–C–C–N with tert-alkyl or cyclic N) is 1. The molecule has 0 saturated carbocycles. The molecule has 1 aliphatic heterocycles. The second-order valence-corrected chi connectivity index (χ2v) is 4.19. The zero-order valence-corrected chi connectivity index (χ0v) is 10.1. The quantitative estimate of drug-likeness (QED) is 0.621. The molecule has 0 spiro atoms. The Hall–Kier alpha value is -0.650. The number of rotatable bonds is 5. The molecule has 1 saturated heterocycles. The highest BCUT2D eigenvalue weighted by atomic mass is 16.5. The summed E-state index contributed by atoms with van der Waals surface area (Å²) < 4.78 is 4.79. The Balaban J connectivity index is 2.54. The van der Waals surface area contributed by atoms with Crippen molar-refractivity contribution in [1.82, 2.24) is 10.2 Å². The number of likely N-dealkylation sites (tertiary alicyclic amines) is 1. The molecule has 2 N–H and O–H groups in total. The molecule has 0 aromatic heterocycles. The van der Waals surface area contributed by atoms with Gasteiger partial charge in [0.1, 0.15) is 0 Å². The number of methoxy groups -OCH3 is 1. The van der Waals surface area contributed by atoms with E-state index in [1.54, 1.807) is 0 Å². The van der Waals surface area contributed by atoms with Crippen LogP contribution in [0.3, 0.4) is 0 Å². The molecule has 5 heteroatoms. The van der Waals surface area contributed by atoms with Gasteiger partial charge in [-0.15, -0.1) is 0 Å². The predicted molar refractivity (Wildman–Crippen MR) is 61.1 cm³/mol. The van der Waals surface area contributed by atoms with Crippen molar-refractivity contribution in [1.29, 1.82) is 0 Å². The Kier molecular flexibility index (Phi) is 5.73. The first-order valence-electron chi connectivity index (χ1n) is 5.85. The summed E-state index contributed by atoms with van der Waals surface area (Å²) in [6.07, 6.45) is 0.822. The van der Waals surface area contributed by atoms with Crippen LogP contribution >= 0.6 is 0 Å². The molecule has 0 aromatic rings. The van der Waals surface area contributed by atoms with E-state index in [2.05, 4.69) is 17.1 Å². The number of aliphatic hydroxyl groups is 1. The van der Waals surface area contributed by atoms with Crippen LogP contribution < -0.4 is 5.32 Å². The Morgan fingerprint density at radius 1 is 1.56 bits per heavy atom. The highest BCUT2D eigenvalue weighted by Crippen LogP contribution is 2.18. The average molecular weight is 230 g/mol. The first kappa shape index (κ1) is 13.4. The highest BCUT2D eigenvalue weighted by Gasteiger charge is 2.31. The summed E-state index contributed by atoms with van der Waals surface area (Å²) in [7, 11) is 1.43. The van der Waals surface area contributed by atoms with Crippen molar-refractivity contribution >= 4 is 5.97 Å². The van der Waals surface area contributed by atoms with Gasteiger partial charge < -0.3 is 15.2 Å². The van der Waals surface area contributed by atoms with E-state index in [1.165, 1.54) is 7.11 Å². The summed E-state index contributed by atoms with van der Waals surface area (Å²) in [6, 6.07) is 0.314. The van der Waals surface area contributed by atoms with Crippen LogP contribution in [0.5, 0.6) is 0 Å². The van der Waals surface area contributed by atoms with Gasteiger partial charge in [0.25, 0.3) is 0 Å². The summed E-state index contributed by atoms with van der Waals surface area (Å²) >= 11 is 0. The van der Waals surface area contributed by atoms with Gasteiger partial charge in [-0.3, -0.25) is 9.69 Å². The monoisotopic (exact) mass is 230 g/mol. The van der Waals surface area contributed by atoms with Crippen molar-refractivity contribution in [3.8, 4) is 0 Å². The van der Waals surface area contributed by atoms with Gasteiger partial charge >= 0.3 is 5.97 Å². The van der Waals surface area contributed by atoms with E-state index in [-0.39, 0.29) is 18.5 Å². The lowest BCUT2D eigenvalue weighted by atomic mass is 9.94. The molecule has 0 aromatic carbocycles. The van der Waals surface area contributed by atoms with Gasteiger partial charge in [-0.25, -0.2) is 0 Å². The SMILES string of the molecule is CCNC1CC(C(=O)OC)CN(CCO)C1. The molecule has 2 atom stereocenters. The number of hydrogen-bond acceptors (Lipinski definition) is 5. The van der Waals surface area contributed by atoms with E-state index in [1.807, 2.05) is 0 Å². The van der Waals surface area contributed by atoms with Crippen LogP contribution in [-0.4, -0.2) is 61.9 Å². The van der Waals surface area contributed by atoms with Gasteiger partial charge in [0.2, 0.25) is 0 Å². The van der Waals surface area contributed by atoms with Crippen molar-refractivity contribution in [3.63, 3.8) is 0 Å². The number of ether oxygens (including phenoxy) is 1. The van der Waals surface area contributed by atoms with Crippen LogP contribution in [0.2, 0.25) is 0 Å². The maximum atomic E-state index is 11.5. The van der Waals surface area contributed by atoms with Gasteiger partial charge in [0.15, 0.2) is 0 Å². The van der Waals surface area contributed by atoms with Crippen LogP contribution in [0.25, 0.3) is 0 Å². The molecular weight excluding hydrogens is 208 g/mol. The zero-order chi connectivity index (χ0) is 12.0. The van der Waals surface area contributed by atoms with Crippen molar-refractivity contribution < 1.29 is 14.6 Å². The van der Waals surface area contributed by atoms with E-state index in [4.69, 9.17) is 9.84 Å². The smallest absolute Gasteiger partial charge is 0.310 e. The number of likely N-dealkylation sites (N-methyl/N-ethyl adjacent to an activating group) is 1. The summed E-state index contributed by atoms with van der Waals surface area (Å²) in [6.45, 7) is 5.28. The molecule has 0 amide bonds. The van der Waals surface area contributed by atoms with Crippen LogP contribution in [0, 0.1) is 5.92 Å². The molecule has 0 bridgehead atoms. The van der Waals surface area contributed by atoms with Crippen LogP contribution in [0.4, 0.5) is 0 Å². The Morgan fingerprint density at radius 3 is 2.88 bits per heavy atom. The molecule has 16 heavy (non-hydrogen) atoms. The minimum atomic E-state index is -0.148. The fourth-order valence-electron chi connectivity index (χ4n) is 2.29. The maximum Gasteiger partial charge on any atom is 0.310 e. The van der Waals surface area contributed by atoms with Gasteiger partial charge in [-0.05, 0) is 13.0 Å². The molecular formula is C11H22N2O3. The third-order valence-electron chi connectivity index (χ3n) is 2.97. The lowest BCUT2D eigenvalue weighted by Crippen LogP contribution is -2.51. The third kappa shape index (κ3) is 3.73. The number of esters is 1. The molecule has 5 nitrogen and oxygen atoms in total. The van der Waals surface area contributed by atoms with Crippen LogP contribution in [-0.2, 0) is 9.53 Å². The summed E-state index contributed by atoms with van der Waals surface area (Å²) in [4.78, 5) is 13.6. The standard InChI is InChI=1S/C11H22N2O3/c1-3-12-10-6-9(11(15)16-2)7-13(8-10)4-5-14/h9-10,12,14H,3-8H2,1-2H3. The number of aliphatic hydroxyl groups excluding tert-OH is 1. The molecule has 94 valence electrons. The zero-order valence-electron chi connectivity index (χ0n) is 10.1. The van der Waals surface area contributed by atoms with E-state index < -0.39 is 0 Å². The second kappa shape index (κ2) is 6.83. The number of piperidine rings is 1. The van der Waals surface area contributed by atoms with Crippen molar-refractivity contribution in [2.45, 2.75) is 19.4 Å². The van der Waals surface area contributed by atoms with Gasteiger partial charge in [0, 0.05) is 25.7 Å². The third-order valence-corrected chi connectivity index (χ3v) is 2.97. The van der Waals surface area contributed by atoms with E-state index in [9.17, 15) is 4.79 Å². The van der Waals surface area contributed by atoms with E-state index in [0.29, 0.717) is 19.1 Å². The number of hydrogen-bond donors (Lipinski definition) is 2. The molecule has 0 radical (unpaired) electrons. The molecule has 1 heterocycles. The van der Waals surface area contributed by atoms with E-state index in [0.717, 1.165) is 19.5 Å². The fraction of sp³-hybridized carbons (Fsp3) is 0.909. The molecule has 1 fully saturated rings. The topological polar surface area (TPSA) is 61.8 Å². The normalized spacial score (nSPS) is 26.7. The van der Waals surface area contributed by atoms with Crippen LogP contribution in [0.1, 0.15) is 13.3 Å².